The molecule has 1 spiro atoms. The summed E-state index contributed by atoms with van der Waals surface area (Å²) < 4.78 is 44.3. The number of fused-ring (bicyclic) bond motifs is 5. The molecule has 5 nitrogen and oxygen atoms in total. The van der Waals surface area contributed by atoms with Gasteiger partial charge in [-0.15, -0.1) is 0 Å². The molecule has 3 aliphatic rings. The maximum atomic E-state index is 14.4. The van der Waals surface area contributed by atoms with Gasteiger partial charge in [0.2, 0.25) is 6.79 Å². The van der Waals surface area contributed by atoms with Gasteiger partial charge < -0.3 is 24.1 Å². The number of hydrogen-bond acceptors (Lipinski definition) is 4. The fourth-order valence-corrected chi connectivity index (χ4v) is 4.98. The largest absolute Gasteiger partial charge is 0.627 e. The van der Waals surface area contributed by atoms with E-state index in [1.807, 2.05) is 18.2 Å². The van der Waals surface area contributed by atoms with Crippen molar-refractivity contribution >= 4 is 5.69 Å². The molecule has 0 amide bonds. The van der Waals surface area contributed by atoms with Crippen LogP contribution >= 0.6 is 0 Å². The minimum atomic E-state index is -0.976. The zero-order valence-corrected chi connectivity index (χ0v) is 15.9. The SMILES string of the molecule is [O-][N+]1(Cc2cccc(F)c2F)CC2(COc3cc4c(cc32)OCO4)c2ccccc21. The van der Waals surface area contributed by atoms with Crippen LogP contribution in [0.15, 0.2) is 54.6 Å². The summed E-state index contributed by atoms with van der Waals surface area (Å²) in [5.41, 5.74) is 1.60. The van der Waals surface area contributed by atoms with E-state index in [4.69, 9.17) is 14.2 Å². The van der Waals surface area contributed by atoms with Crippen molar-refractivity contribution in [1.82, 2.24) is 4.65 Å². The number of hydrogen-bond donors (Lipinski definition) is 0. The van der Waals surface area contributed by atoms with Crippen molar-refractivity contribution in [3.63, 3.8) is 0 Å². The molecule has 152 valence electrons. The van der Waals surface area contributed by atoms with Gasteiger partial charge in [0.25, 0.3) is 0 Å². The molecule has 0 saturated carbocycles. The van der Waals surface area contributed by atoms with E-state index in [0.717, 1.165) is 17.2 Å². The van der Waals surface area contributed by atoms with Gasteiger partial charge in [-0.1, -0.05) is 30.3 Å². The Kier molecular flexibility index (Phi) is 3.50. The van der Waals surface area contributed by atoms with Gasteiger partial charge in [-0.2, -0.15) is 0 Å². The van der Waals surface area contributed by atoms with Gasteiger partial charge in [-0.3, -0.25) is 0 Å². The molecule has 0 aliphatic carbocycles. The number of para-hydroxylation sites is 1. The van der Waals surface area contributed by atoms with Crippen molar-refractivity contribution in [2.75, 3.05) is 19.9 Å². The van der Waals surface area contributed by atoms with E-state index in [-0.39, 0.29) is 32.1 Å². The molecule has 3 aliphatic heterocycles. The van der Waals surface area contributed by atoms with Crippen LogP contribution in [0, 0.1) is 16.8 Å². The molecular formula is C23H17F2NO4. The second-order valence-corrected chi connectivity index (χ2v) is 8.01. The molecule has 2 unspecified atom stereocenters. The number of quaternary nitrogens is 1. The second kappa shape index (κ2) is 5.93. The number of nitrogens with zero attached hydrogens (tertiary/aromatic N) is 1. The molecule has 0 N–H and O–H groups in total. The van der Waals surface area contributed by atoms with Crippen molar-refractivity contribution in [1.29, 1.82) is 0 Å². The highest BCUT2D eigenvalue weighted by Crippen LogP contribution is 2.56. The van der Waals surface area contributed by atoms with Crippen molar-refractivity contribution in [2.45, 2.75) is 12.0 Å². The number of hydroxylamine groups is 2. The van der Waals surface area contributed by atoms with Gasteiger partial charge in [0, 0.05) is 22.8 Å². The van der Waals surface area contributed by atoms with Crippen molar-refractivity contribution in [3.05, 3.63) is 88.1 Å². The minimum Gasteiger partial charge on any atom is -0.627 e. The average molecular weight is 409 g/mol. The molecule has 0 saturated heterocycles. The summed E-state index contributed by atoms with van der Waals surface area (Å²) >= 11 is 0. The lowest BCUT2D eigenvalue weighted by Crippen LogP contribution is -2.46. The third-order valence-corrected chi connectivity index (χ3v) is 6.31. The lowest BCUT2D eigenvalue weighted by molar-refractivity contribution is 0.173. The standard InChI is InChI=1S/C23H17F2NO4/c24-17-6-3-4-14(22(17)25)10-26(27)11-23(15-5-1-2-7-18(15)26)12-28-19-9-21-20(8-16(19)23)29-13-30-21/h1-9H,10-13H2. The molecule has 6 rings (SSSR count). The van der Waals surface area contributed by atoms with Gasteiger partial charge >= 0.3 is 0 Å². The Morgan fingerprint density at radius 2 is 1.70 bits per heavy atom. The van der Waals surface area contributed by atoms with E-state index in [1.165, 1.54) is 12.1 Å². The predicted octanol–water partition coefficient (Wildman–Crippen LogP) is 4.39. The molecule has 3 aromatic rings. The molecule has 0 fully saturated rings. The Hall–Kier alpha value is -3.16. The Morgan fingerprint density at radius 3 is 2.57 bits per heavy atom. The number of ether oxygens (including phenoxy) is 3. The van der Waals surface area contributed by atoms with E-state index >= 15 is 0 Å². The van der Waals surface area contributed by atoms with E-state index in [0.29, 0.717) is 22.9 Å². The topological polar surface area (TPSA) is 50.8 Å². The summed E-state index contributed by atoms with van der Waals surface area (Å²) in [6, 6.07) is 15.0. The van der Waals surface area contributed by atoms with Crippen LogP contribution in [0.4, 0.5) is 14.5 Å². The Labute approximate surface area is 171 Å². The summed E-state index contributed by atoms with van der Waals surface area (Å²) in [7, 11) is 0. The first-order valence-corrected chi connectivity index (χ1v) is 9.68. The maximum absolute atomic E-state index is 14.4. The highest BCUT2D eigenvalue weighted by molar-refractivity contribution is 5.69. The number of rotatable bonds is 2. The van der Waals surface area contributed by atoms with Gasteiger partial charge in [0.1, 0.15) is 36.5 Å². The first-order valence-electron chi connectivity index (χ1n) is 9.68. The predicted molar refractivity (Wildman–Crippen MR) is 105 cm³/mol. The quantitative estimate of drug-likeness (QED) is 0.465. The fourth-order valence-electron chi connectivity index (χ4n) is 4.98. The monoisotopic (exact) mass is 409 g/mol. The van der Waals surface area contributed by atoms with Gasteiger partial charge in [0.15, 0.2) is 23.1 Å². The normalized spacial score (nSPS) is 25.3. The van der Waals surface area contributed by atoms with Crippen LogP contribution in [0.1, 0.15) is 16.7 Å². The molecule has 0 bridgehead atoms. The summed E-state index contributed by atoms with van der Waals surface area (Å²) in [5, 5.41) is 14.1. The first kappa shape index (κ1) is 17.7. The summed E-state index contributed by atoms with van der Waals surface area (Å²) in [4.78, 5) is 0. The summed E-state index contributed by atoms with van der Waals surface area (Å²) in [6.07, 6.45) is 0. The second-order valence-electron chi connectivity index (χ2n) is 8.01. The van der Waals surface area contributed by atoms with Gasteiger partial charge in [-0.05, 0) is 18.2 Å². The van der Waals surface area contributed by atoms with Crippen LogP contribution in [0.25, 0.3) is 0 Å². The first-order chi connectivity index (χ1) is 14.5. The Balaban J connectivity index is 1.50. The molecule has 30 heavy (non-hydrogen) atoms. The minimum absolute atomic E-state index is 0.0571. The van der Waals surface area contributed by atoms with Crippen LogP contribution in [-0.4, -0.2) is 19.9 Å². The Morgan fingerprint density at radius 1 is 0.900 bits per heavy atom. The van der Waals surface area contributed by atoms with Crippen LogP contribution in [0.3, 0.4) is 0 Å². The third-order valence-electron chi connectivity index (χ3n) is 6.31. The van der Waals surface area contributed by atoms with Crippen molar-refractivity contribution in [2.24, 2.45) is 0 Å². The molecule has 2 atom stereocenters. The molecule has 0 aromatic heterocycles. The van der Waals surface area contributed by atoms with Gasteiger partial charge in [0.05, 0.1) is 0 Å². The summed E-state index contributed by atoms with van der Waals surface area (Å²) in [6.45, 7) is 0.343. The van der Waals surface area contributed by atoms with Crippen LogP contribution in [0.5, 0.6) is 17.2 Å². The fraction of sp³-hybridized carbons (Fsp3) is 0.217. The van der Waals surface area contributed by atoms with E-state index in [2.05, 4.69) is 0 Å². The zero-order valence-electron chi connectivity index (χ0n) is 15.9. The maximum Gasteiger partial charge on any atom is 0.231 e. The molecule has 3 heterocycles. The highest BCUT2D eigenvalue weighted by atomic mass is 19.2. The van der Waals surface area contributed by atoms with Gasteiger partial charge in [-0.25, -0.2) is 8.78 Å². The van der Waals surface area contributed by atoms with Crippen LogP contribution in [-0.2, 0) is 12.0 Å². The van der Waals surface area contributed by atoms with Crippen molar-refractivity contribution in [3.8, 4) is 17.2 Å². The number of halogens is 2. The Bertz CT molecular complexity index is 1200. The van der Waals surface area contributed by atoms with E-state index < -0.39 is 21.7 Å². The zero-order chi connectivity index (χ0) is 20.5. The van der Waals surface area contributed by atoms with E-state index in [1.54, 1.807) is 18.2 Å². The smallest absolute Gasteiger partial charge is 0.231 e. The summed E-state index contributed by atoms with van der Waals surface area (Å²) in [5.74, 6) is -0.0521. The molecule has 7 heteroatoms. The number of benzene rings is 3. The lowest BCUT2D eigenvalue weighted by Gasteiger charge is -2.40. The lowest BCUT2D eigenvalue weighted by atomic mass is 9.77. The molecule has 0 radical (unpaired) electrons. The van der Waals surface area contributed by atoms with Crippen molar-refractivity contribution < 1.29 is 23.0 Å². The van der Waals surface area contributed by atoms with Crippen LogP contribution < -0.4 is 18.9 Å². The average Bonchev–Trinajstić information content (AvgIpc) is 3.41. The molecular weight excluding hydrogens is 392 g/mol. The third kappa shape index (κ3) is 2.27. The van der Waals surface area contributed by atoms with E-state index in [9.17, 15) is 14.0 Å². The highest BCUT2D eigenvalue weighted by Gasteiger charge is 2.56. The van der Waals surface area contributed by atoms with Crippen LogP contribution in [0.2, 0.25) is 0 Å². The molecule has 3 aromatic carbocycles.